The molecule has 0 unspecified atom stereocenters. The molecule has 0 radical (unpaired) electrons. The summed E-state index contributed by atoms with van der Waals surface area (Å²) in [4.78, 5) is 14.5. The lowest BCUT2D eigenvalue weighted by molar-refractivity contribution is 0.0949. The SMILES string of the molecule is O=C(NCCCS(=O)(=O)Cc1ccccc1)c1cc(Cl)c(Cl)[nH]1. The Hall–Kier alpha value is -1.50. The third-order valence-corrected chi connectivity index (χ3v) is 5.49. The molecule has 0 bridgehead atoms. The van der Waals surface area contributed by atoms with E-state index in [0.717, 1.165) is 5.56 Å². The fourth-order valence-electron chi connectivity index (χ4n) is 2.02. The van der Waals surface area contributed by atoms with Crippen LogP contribution in [0.1, 0.15) is 22.5 Å². The summed E-state index contributed by atoms with van der Waals surface area (Å²) in [5, 5.41) is 3.09. The Morgan fingerprint density at radius 3 is 2.48 bits per heavy atom. The fraction of sp³-hybridized carbons (Fsp3) is 0.267. The van der Waals surface area contributed by atoms with Gasteiger partial charge in [0, 0.05) is 6.54 Å². The minimum absolute atomic E-state index is 0.00360. The average Bonchev–Trinajstić information content (AvgIpc) is 2.84. The Kier molecular flexibility index (Phi) is 6.10. The van der Waals surface area contributed by atoms with Crippen molar-refractivity contribution < 1.29 is 13.2 Å². The monoisotopic (exact) mass is 374 g/mol. The lowest BCUT2D eigenvalue weighted by atomic mass is 10.2. The van der Waals surface area contributed by atoms with E-state index >= 15 is 0 Å². The van der Waals surface area contributed by atoms with Gasteiger partial charge in [0.1, 0.15) is 10.8 Å². The number of halogens is 2. The summed E-state index contributed by atoms with van der Waals surface area (Å²) in [5.74, 6) is -0.364. The van der Waals surface area contributed by atoms with E-state index in [1.54, 1.807) is 24.3 Å². The molecule has 0 aliphatic carbocycles. The van der Waals surface area contributed by atoms with E-state index in [1.165, 1.54) is 6.07 Å². The number of sulfone groups is 1. The fourth-order valence-corrected chi connectivity index (χ4v) is 3.76. The van der Waals surface area contributed by atoms with Crippen molar-refractivity contribution in [2.75, 3.05) is 12.3 Å². The van der Waals surface area contributed by atoms with Crippen molar-refractivity contribution >= 4 is 38.9 Å². The molecule has 0 atom stereocenters. The first-order valence-electron chi connectivity index (χ1n) is 6.94. The molecule has 0 aliphatic rings. The number of carbonyl (C=O) groups excluding carboxylic acids is 1. The van der Waals surface area contributed by atoms with Crippen LogP contribution in [0.4, 0.5) is 0 Å². The van der Waals surface area contributed by atoms with Gasteiger partial charge in [0.25, 0.3) is 5.91 Å². The van der Waals surface area contributed by atoms with E-state index in [4.69, 9.17) is 23.2 Å². The molecule has 124 valence electrons. The van der Waals surface area contributed by atoms with E-state index in [2.05, 4.69) is 10.3 Å². The van der Waals surface area contributed by atoms with Gasteiger partial charge in [-0.3, -0.25) is 4.79 Å². The van der Waals surface area contributed by atoms with Crippen LogP contribution in [0.5, 0.6) is 0 Å². The molecular weight excluding hydrogens is 359 g/mol. The average molecular weight is 375 g/mol. The highest BCUT2D eigenvalue weighted by Gasteiger charge is 2.13. The summed E-state index contributed by atoms with van der Waals surface area (Å²) in [6.45, 7) is 0.251. The van der Waals surface area contributed by atoms with Crippen LogP contribution < -0.4 is 5.32 Å². The summed E-state index contributed by atoms with van der Waals surface area (Å²) >= 11 is 11.5. The van der Waals surface area contributed by atoms with Gasteiger partial charge in [0.2, 0.25) is 0 Å². The Morgan fingerprint density at radius 1 is 1.17 bits per heavy atom. The van der Waals surface area contributed by atoms with Gasteiger partial charge in [-0.25, -0.2) is 8.42 Å². The summed E-state index contributed by atoms with van der Waals surface area (Å²) in [5.41, 5.74) is 0.999. The quantitative estimate of drug-likeness (QED) is 0.730. The van der Waals surface area contributed by atoms with Crippen LogP contribution in [-0.2, 0) is 15.6 Å². The van der Waals surface area contributed by atoms with Crippen molar-refractivity contribution in [3.8, 4) is 0 Å². The van der Waals surface area contributed by atoms with Crippen molar-refractivity contribution in [3.05, 3.63) is 57.8 Å². The number of benzene rings is 1. The molecule has 0 saturated carbocycles. The van der Waals surface area contributed by atoms with Gasteiger partial charge in [0.15, 0.2) is 9.84 Å². The normalized spacial score (nSPS) is 11.4. The Labute approximate surface area is 144 Å². The van der Waals surface area contributed by atoms with Crippen LogP contribution in [-0.4, -0.2) is 31.6 Å². The summed E-state index contributed by atoms with van der Waals surface area (Å²) < 4.78 is 24.0. The van der Waals surface area contributed by atoms with E-state index < -0.39 is 9.84 Å². The summed E-state index contributed by atoms with van der Waals surface area (Å²) in [6.07, 6.45) is 0.336. The van der Waals surface area contributed by atoms with E-state index in [-0.39, 0.29) is 39.8 Å². The molecule has 1 aromatic heterocycles. The maximum absolute atomic E-state index is 12.0. The molecule has 0 spiro atoms. The number of aromatic nitrogens is 1. The number of H-pyrrole nitrogens is 1. The van der Waals surface area contributed by atoms with Gasteiger partial charge in [0.05, 0.1) is 16.5 Å². The predicted octanol–water partition coefficient (Wildman–Crippen LogP) is 3.06. The molecule has 2 N–H and O–H groups in total. The zero-order valence-corrected chi connectivity index (χ0v) is 14.5. The molecule has 2 aromatic rings. The minimum atomic E-state index is -3.20. The van der Waals surface area contributed by atoms with Gasteiger partial charge in [-0.15, -0.1) is 0 Å². The topological polar surface area (TPSA) is 79.0 Å². The van der Waals surface area contributed by atoms with Crippen LogP contribution in [0.25, 0.3) is 0 Å². The second kappa shape index (κ2) is 7.86. The van der Waals surface area contributed by atoms with Crippen molar-refractivity contribution in [2.24, 2.45) is 0 Å². The van der Waals surface area contributed by atoms with Crippen molar-refractivity contribution in [2.45, 2.75) is 12.2 Å². The Bertz CT molecular complexity index is 754. The number of carbonyl (C=O) groups is 1. The molecule has 23 heavy (non-hydrogen) atoms. The molecule has 5 nitrogen and oxygen atoms in total. The van der Waals surface area contributed by atoms with E-state index in [1.807, 2.05) is 6.07 Å². The summed E-state index contributed by atoms with van der Waals surface area (Å²) in [7, 11) is -3.20. The number of amides is 1. The third-order valence-electron chi connectivity index (χ3n) is 3.12. The molecular formula is C15H16Cl2N2O3S. The molecule has 1 aromatic carbocycles. The van der Waals surface area contributed by atoms with Crippen molar-refractivity contribution in [1.82, 2.24) is 10.3 Å². The number of nitrogens with one attached hydrogen (secondary N) is 2. The first-order valence-corrected chi connectivity index (χ1v) is 9.52. The number of hydrogen-bond acceptors (Lipinski definition) is 3. The van der Waals surface area contributed by atoms with Crippen molar-refractivity contribution in [1.29, 1.82) is 0 Å². The van der Waals surface area contributed by atoms with Crippen LogP contribution in [0.3, 0.4) is 0 Å². The standard InChI is InChI=1S/C15H16Cl2N2O3S/c16-12-9-13(19-14(12)17)15(20)18-7-4-8-23(21,22)10-11-5-2-1-3-6-11/h1-3,5-6,9,19H,4,7-8,10H2,(H,18,20). The molecule has 1 heterocycles. The zero-order valence-electron chi connectivity index (χ0n) is 12.2. The highest BCUT2D eigenvalue weighted by molar-refractivity contribution is 7.90. The maximum atomic E-state index is 12.0. The Morgan fingerprint density at radius 2 is 1.87 bits per heavy atom. The van der Waals surface area contributed by atoms with E-state index in [9.17, 15) is 13.2 Å². The maximum Gasteiger partial charge on any atom is 0.267 e. The first kappa shape index (κ1) is 17.8. The number of hydrogen-bond donors (Lipinski definition) is 2. The zero-order chi connectivity index (χ0) is 16.9. The molecule has 0 aliphatic heterocycles. The molecule has 0 fully saturated rings. The van der Waals surface area contributed by atoms with Crippen LogP contribution in [0.2, 0.25) is 10.2 Å². The van der Waals surface area contributed by atoms with E-state index in [0.29, 0.717) is 6.42 Å². The van der Waals surface area contributed by atoms with Crippen LogP contribution in [0, 0.1) is 0 Å². The number of rotatable bonds is 7. The van der Waals surface area contributed by atoms with Gasteiger partial charge in [-0.2, -0.15) is 0 Å². The summed E-state index contributed by atoms with van der Waals surface area (Å²) in [6, 6.07) is 10.4. The largest absolute Gasteiger partial charge is 0.351 e. The molecule has 0 saturated heterocycles. The minimum Gasteiger partial charge on any atom is -0.351 e. The molecule has 1 amide bonds. The van der Waals surface area contributed by atoms with Crippen LogP contribution in [0.15, 0.2) is 36.4 Å². The molecule has 8 heteroatoms. The van der Waals surface area contributed by atoms with Crippen molar-refractivity contribution in [3.63, 3.8) is 0 Å². The molecule has 2 rings (SSSR count). The lowest BCUT2D eigenvalue weighted by Crippen LogP contribution is -2.26. The van der Waals surface area contributed by atoms with Gasteiger partial charge >= 0.3 is 0 Å². The van der Waals surface area contributed by atoms with Gasteiger partial charge < -0.3 is 10.3 Å². The first-order chi connectivity index (χ1) is 10.9. The van der Waals surface area contributed by atoms with Gasteiger partial charge in [-0.1, -0.05) is 53.5 Å². The van der Waals surface area contributed by atoms with Crippen LogP contribution >= 0.6 is 23.2 Å². The predicted molar refractivity (Wildman–Crippen MR) is 91.7 cm³/mol. The van der Waals surface area contributed by atoms with Gasteiger partial charge in [-0.05, 0) is 18.1 Å². The second-order valence-electron chi connectivity index (χ2n) is 5.03. The smallest absolute Gasteiger partial charge is 0.267 e. The highest BCUT2D eigenvalue weighted by atomic mass is 35.5. The second-order valence-corrected chi connectivity index (χ2v) is 8.00. The third kappa shape index (κ3) is 5.57. The lowest BCUT2D eigenvalue weighted by Gasteiger charge is -2.06. The number of aromatic amines is 1. The Balaban J connectivity index is 1.77. The highest BCUT2D eigenvalue weighted by Crippen LogP contribution is 2.21.